The molecule has 0 unspecified atom stereocenters. The van der Waals surface area contributed by atoms with Crippen molar-refractivity contribution in [3.63, 3.8) is 0 Å². The molecule has 3 heterocycles. The van der Waals surface area contributed by atoms with Crippen LogP contribution in [0.3, 0.4) is 0 Å². The van der Waals surface area contributed by atoms with Crippen molar-refractivity contribution in [2.45, 2.75) is 123 Å². The number of aromatic nitrogens is 3. The summed E-state index contributed by atoms with van der Waals surface area (Å²) in [6.45, 7) is 1.64. The average molecular weight is 2070 g/mol. The van der Waals surface area contributed by atoms with Gasteiger partial charge in [0.15, 0.2) is 27.8 Å². The van der Waals surface area contributed by atoms with E-state index in [1.54, 1.807) is 86.7 Å². The molecule has 1 atom stereocenters. The van der Waals surface area contributed by atoms with Crippen LogP contribution in [-0.2, 0) is 81.1 Å². The number of carboxylic acid groups (broad SMARTS) is 2. The van der Waals surface area contributed by atoms with Crippen molar-refractivity contribution < 1.29 is 151 Å². The molecule has 4 aliphatic rings. The van der Waals surface area contributed by atoms with E-state index in [9.17, 15) is 57.8 Å². The maximum Gasteiger partial charge on any atom is 2.00 e. The first-order chi connectivity index (χ1) is 75.9. The molecular formula is C113H115Cl4MgN3O23. The van der Waals surface area contributed by atoms with Crippen LogP contribution in [-0.4, -0.2) is 190 Å². The summed E-state index contributed by atoms with van der Waals surface area (Å²) in [7, 11) is 3.00. The predicted molar refractivity (Wildman–Crippen MR) is 553 cm³/mol. The first kappa shape index (κ1) is 89.6. The number of hydrogen-bond donors (Lipinski definition) is 5. The Balaban J connectivity index is 0.000000266. The van der Waals surface area contributed by atoms with Gasteiger partial charge in [0.2, 0.25) is 0 Å². The molecule has 750 valence electrons. The quantitative estimate of drug-likeness (QED) is 0.00637. The zero-order valence-electron chi connectivity index (χ0n) is 99.1. The molecule has 26 nitrogen and oxygen atoms in total. The number of pyridine rings is 3. The van der Waals surface area contributed by atoms with E-state index in [1.165, 1.54) is 64.5 Å². The van der Waals surface area contributed by atoms with Crippen molar-refractivity contribution in [2.75, 3.05) is 60.9 Å². The van der Waals surface area contributed by atoms with Crippen LogP contribution in [0.2, 0.25) is 15.1 Å². The zero-order chi connectivity index (χ0) is 121. The van der Waals surface area contributed by atoms with E-state index in [-0.39, 0.29) is 90.4 Å². The molecule has 4 fully saturated rings. The van der Waals surface area contributed by atoms with Crippen molar-refractivity contribution in [3.05, 3.63) is 343 Å². The number of ether oxygens (including phenoxy) is 7. The summed E-state index contributed by atoms with van der Waals surface area (Å²) >= 11 is 18.2. The minimum absolute atomic E-state index is 0. The van der Waals surface area contributed by atoms with E-state index >= 15 is 0 Å². The van der Waals surface area contributed by atoms with Gasteiger partial charge in [-0.25, -0.2) is 33.4 Å². The molecule has 9 aromatic carbocycles. The minimum Gasteiger partial charge on any atom is -1.00 e. The number of aliphatic carboxylic acids is 2. The monoisotopic (exact) mass is 2070 g/mol. The van der Waals surface area contributed by atoms with Crippen molar-refractivity contribution in [2.24, 2.45) is 21.7 Å². The number of carbonyl (C=O) groups is 11. The van der Waals surface area contributed by atoms with Crippen molar-refractivity contribution in [1.82, 2.24) is 15.0 Å². The van der Waals surface area contributed by atoms with Crippen LogP contribution in [0.15, 0.2) is 237 Å². The number of aryl methyl sites for hydroxylation is 3. The van der Waals surface area contributed by atoms with Crippen LogP contribution in [0.1, 0.15) is 239 Å². The van der Waals surface area contributed by atoms with Gasteiger partial charge in [0, 0.05) is 77.0 Å². The molecule has 0 bridgehead atoms. The number of halogens is 4. The fraction of sp³-hybridized carbons (Fsp3) is 0.283. The van der Waals surface area contributed by atoms with E-state index in [0.717, 1.165) is 73.5 Å². The SMILES string of the molecule is CCOC(=O)C1(C(=O)OCC)CC1.COC(=O)c1ccccc1CCC(=O)c1cccc(/C=C/c2ccc3ccc(Cl)cc3n2)c1.[2H]C([2H])(C(=O)c1cccc(/C=C/c2ccc3ccc(Cl)cc3n2)c1)C([2H])([2H])c1ccccc1C(=O)OC.[2H]C([2H])(O)C1(C([2H])([2H])O)CC1.[2H]C1([2H])C([2H])([2H])C1(C(=O)O)C(=O)O.[2H]C1([2H])C([2H])([2H])C1(C(=O)OCC)C(=O)OCC.[2H][C-]([2H])[2H].[2H][C@](O)(CCc1ccccc1C(=O)OC)c1cccc(/C=C/c2ccc3ccc(Cl)cc3n2)c1.[Cl-].[Mg+2]. The van der Waals surface area contributed by atoms with Gasteiger partial charge in [-0.3, -0.25) is 38.4 Å². The average Bonchev–Trinajstić information content (AvgIpc) is 1.46. The number of aliphatic hydroxyl groups is 3. The number of carboxylic acids is 2. The van der Waals surface area contributed by atoms with Gasteiger partial charge in [-0.2, -0.15) is 0 Å². The number of carbonyl (C=O) groups excluding carboxylic acids is 9. The molecule has 0 aliphatic heterocycles. The maximum absolute atomic E-state index is 13.3. The summed E-state index contributed by atoms with van der Waals surface area (Å²) < 4.78 is 178. The Hall–Kier alpha value is -13.2. The predicted octanol–water partition coefficient (Wildman–Crippen LogP) is 18.4. The molecule has 12 aromatic rings. The van der Waals surface area contributed by atoms with E-state index in [0.29, 0.717) is 93.9 Å². The van der Waals surface area contributed by atoms with Crippen LogP contribution in [0.25, 0.3) is 69.2 Å². The molecule has 0 amide bonds. The van der Waals surface area contributed by atoms with E-state index < -0.39 is 146 Å². The fourth-order valence-electron chi connectivity index (χ4n) is 13.2. The third-order valence-corrected chi connectivity index (χ3v) is 22.2. The molecule has 4 saturated carbocycles. The first-order valence-corrected chi connectivity index (χ1v) is 45.2. The third kappa shape index (κ3) is 33.7. The van der Waals surface area contributed by atoms with Gasteiger partial charge in [0.25, 0.3) is 0 Å². The van der Waals surface area contributed by atoms with Gasteiger partial charge in [-0.15, -0.1) is 0 Å². The summed E-state index contributed by atoms with van der Waals surface area (Å²) in [6.07, 6.45) is -4.74. The fourth-order valence-corrected chi connectivity index (χ4v) is 13.7. The first-order valence-electron chi connectivity index (χ1n) is 54.1. The molecule has 16 rings (SSSR count). The minimum atomic E-state index is -2.99. The molecule has 0 saturated heterocycles. The van der Waals surface area contributed by atoms with Crippen LogP contribution in [0.4, 0.5) is 0 Å². The van der Waals surface area contributed by atoms with Crippen molar-refractivity contribution in [1.29, 1.82) is 0 Å². The normalized spacial score (nSPS) is 17.6. The number of esters is 7. The number of hydrogen-bond acceptors (Lipinski definition) is 24. The molecular weight excluding hydrogens is 1930 g/mol. The van der Waals surface area contributed by atoms with Gasteiger partial charge in [-0.05, 0) is 253 Å². The summed E-state index contributed by atoms with van der Waals surface area (Å²) in [5.74, 6) is -9.96. The van der Waals surface area contributed by atoms with E-state index in [1.807, 2.05) is 164 Å². The maximum atomic E-state index is 13.3. The number of nitrogens with zero attached hydrogens (tertiary/aromatic N) is 3. The molecule has 3 aromatic heterocycles. The second-order valence-electron chi connectivity index (χ2n) is 31.3. The Kier molecular flexibility index (Phi) is 35.7. The molecule has 0 spiro atoms. The van der Waals surface area contributed by atoms with Crippen LogP contribution in [0, 0.1) is 29.0 Å². The standard InChI is InChI=1S/C28H24ClNO3.2C28H22ClNO3.2C9H14O4.C5H6O4.C5H10O2.CH3.ClH.Mg/c3*1-33-28(32)25-8-3-2-6-20(25)12-16-27(31)22-7-4-5-19(17-22)9-14-24-15-11-21-10-13-23(29)18-26(21)30-24;2*1-3-12-7(10)9(5-6-9)8(11)13-4-2;6-3(7)5(1-2-5)4(8)9;6-3-5(4-7)1-2-5;;;/h2-11,13-15,17-18,27,31H,12,16H2,1H3;2*2-11,13-15,17-18H,12,16H2,1H3;2*3-6H2,1-2H3;1-2H2,(H,6,7)(H,8,9);6-7H,1-4H2;1H3;1H;/q;;;;;;;-1;;+2/p-1/b3*14-9+;;;;;;;/t27-;;;;;;;;;/m0........./s1/i27D;12D2,16D2;;5D2,6D2;;1D2,2D2;3D2,4D2;1D3;;. The number of fused-ring (bicyclic) bond motifs is 3. The van der Waals surface area contributed by atoms with Crippen LogP contribution in [0.5, 0.6) is 0 Å². The van der Waals surface area contributed by atoms with Crippen LogP contribution < -0.4 is 12.4 Å². The smallest absolute Gasteiger partial charge is 1.00 e. The number of methoxy groups -OCH3 is 3. The topological polar surface area (TPSA) is 392 Å². The van der Waals surface area contributed by atoms with Crippen LogP contribution >= 0.6 is 34.8 Å². The van der Waals surface area contributed by atoms with Gasteiger partial charge < -0.3 is 78.5 Å². The van der Waals surface area contributed by atoms with Gasteiger partial charge in [0.05, 0.1) is 124 Å². The Labute approximate surface area is 902 Å². The van der Waals surface area contributed by atoms with E-state index in [2.05, 4.69) is 24.4 Å². The molecule has 144 heavy (non-hydrogen) atoms. The second-order valence-corrected chi connectivity index (χ2v) is 32.6. The Morgan fingerprint density at radius 2 is 0.771 bits per heavy atom. The molecule has 5 N–H and O–H groups in total. The largest absolute Gasteiger partial charge is 2.00 e. The number of Topliss-reactive ketones (excluding diaryl/α,β-unsaturated/α-hetero) is 2. The van der Waals surface area contributed by atoms with Crippen molar-refractivity contribution in [3.8, 4) is 0 Å². The Bertz CT molecular complexity index is 7460. The zero-order valence-corrected chi connectivity index (χ0v) is 83.5. The summed E-state index contributed by atoms with van der Waals surface area (Å²) in [5.41, 5.74) is 2.14. The van der Waals surface area contributed by atoms with Gasteiger partial charge in [-0.1, -0.05) is 199 Å². The Morgan fingerprint density at radius 1 is 0.431 bits per heavy atom. The number of rotatable bonds is 33. The number of benzene rings is 9. The van der Waals surface area contributed by atoms with Gasteiger partial charge in [0.1, 0.15) is 0 Å². The summed E-state index contributed by atoms with van der Waals surface area (Å²) in [4.78, 5) is 143. The van der Waals surface area contributed by atoms with Crippen molar-refractivity contribution >= 4 is 192 Å². The van der Waals surface area contributed by atoms with Gasteiger partial charge >= 0.3 is 76.8 Å². The summed E-state index contributed by atoms with van der Waals surface area (Å²) in [5, 5.41) is 50.5. The molecule has 0 radical (unpaired) electrons. The third-order valence-electron chi connectivity index (χ3n) is 21.5. The van der Waals surface area contributed by atoms with E-state index in [4.69, 9.17) is 106 Å². The summed E-state index contributed by atoms with van der Waals surface area (Å²) in [6, 6.07) is 69.1. The number of ketones is 2. The molecule has 4 aliphatic carbocycles. The molecule has 31 heteroatoms. The second kappa shape index (κ2) is 57.3. The Morgan fingerprint density at radius 3 is 1.11 bits per heavy atom.